The molecule has 0 saturated carbocycles. The second kappa shape index (κ2) is 6.42. The molecule has 0 saturated heterocycles. The van der Waals surface area contributed by atoms with E-state index >= 15 is 0 Å². The van der Waals surface area contributed by atoms with Gasteiger partial charge in [-0.2, -0.15) is 0 Å². The summed E-state index contributed by atoms with van der Waals surface area (Å²) in [5.74, 6) is 0.138. The van der Waals surface area contributed by atoms with Crippen LogP contribution >= 0.6 is 0 Å². The van der Waals surface area contributed by atoms with Crippen molar-refractivity contribution in [1.29, 1.82) is 0 Å². The Morgan fingerprint density at radius 2 is 1.80 bits per heavy atom. The smallest absolute Gasteiger partial charge is 0.328 e. The highest BCUT2D eigenvalue weighted by atomic mass is 16.5. The molecule has 2 aromatic carbocycles. The first-order chi connectivity index (χ1) is 9.56. The summed E-state index contributed by atoms with van der Waals surface area (Å²) in [6.07, 6.45) is 0. The average Bonchev–Trinajstić information content (AvgIpc) is 2.44. The molecule has 0 unspecified atom stereocenters. The van der Waals surface area contributed by atoms with Gasteiger partial charge in [0.25, 0.3) is 0 Å². The van der Waals surface area contributed by atoms with Crippen LogP contribution in [-0.2, 0) is 9.53 Å². The van der Waals surface area contributed by atoms with Gasteiger partial charge in [-0.05, 0) is 35.7 Å². The number of carbonyl (C=O) groups excluding carboxylic acids is 1. The van der Waals surface area contributed by atoms with Gasteiger partial charge in [-0.3, -0.25) is 0 Å². The molecule has 1 N–H and O–H groups in total. The van der Waals surface area contributed by atoms with E-state index < -0.39 is 0 Å². The van der Waals surface area contributed by atoms with Gasteiger partial charge >= 0.3 is 5.97 Å². The molecule has 0 fully saturated rings. The molecule has 0 aliphatic rings. The zero-order chi connectivity index (χ0) is 14.5. The fraction of sp³-hybridized carbons (Fsp3) is 0.353. The van der Waals surface area contributed by atoms with E-state index in [1.54, 1.807) is 0 Å². The summed E-state index contributed by atoms with van der Waals surface area (Å²) in [5.41, 5.74) is 0.928. The normalized spacial score (nSPS) is 12.4. The van der Waals surface area contributed by atoms with E-state index in [4.69, 9.17) is 4.74 Å². The van der Waals surface area contributed by atoms with Crippen molar-refractivity contribution in [1.82, 2.24) is 0 Å². The van der Waals surface area contributed by atoms with Gasteiger partial charge in [-0.1, -0.05) is 44.2 Å². The van der Waals surface area contributed by atoms with Crippen molar-refractivity contribution in [2.45, 2.75) is 26.8 Å². The lowest BCUT2D eigenvalue weighted by Crippen LogP contribution is -2.29. The second-order valence-corrected chi connectivity index (χ2v) is 5.45. The number of fused-ring (bicyclic) bond motifs is 1. The molecule has 0 bridgehead atoms. The lowest BCUT2D eigenvalue weighted by molar-refractivity contribution is -0.145. The molecule has 106 valence electrons. The first kappa shape index (κ1) is 14.4. The summed E-state index contributed by atoms with van der Waals surface area (Å²) in [5, 5.41) is 5.52. The van der Waals surface area contributed by atoms with Crippen LogP contribution in [0.15, 0.2) is 42.5 Å². The van der Waals surface area contributed by atoms with Gasteiger partial charge < -0.3 is 10.1 Å². The van der Waals surface area contributed by atoms with Crippen LogP contribution in [0, 0.1) is 5.92 Å². The number of esters is 1. The van der Waals surface area contributed by atoms with E-state index in [2.05, 4.69) is 17.4 Å². The maximum absolute atomic E-state index is 11.8. The van der Waals surface area contributed by atoms with Gasteiger partial charge in [0.2, 0.25) is 0 Å². The Morgan fingerprint density at radius 3 is 2.50 bits per heavy atom. The number of hydrogen-bond acceptors (Lipinski definition) is 3. The number of nitrogens with one attached hydrogen (secondary N) is 1. The van der Waals surface area contributed by atoms with Crippen LogP contribution in [-0.4, -0.2) is 18.6 Å². The van der Waals surface area contributed by atoms with E-state index in [0.717, 1.165) is 11.1 Å². The predicted molar refractivity (Wildman–Crippen MR) is 82.8 cm³/mol. The highest BCUT2D eigenvalue weighted by Gasteiger charge is 2.14. The van der Waals surface area contributed by atoms with Crippen molar-refractivity contribution in [3.8, 4) is 0 Å². The summed E-state index contributed by atoms with van der Waals surface area (Å²) in [4.78, 5) is 11.8. The van der Waals surface area contributed by atoms with Crippen LogP contribution in [0.1, 0.15) is 20.8 Å². The van der Waals surface area contributed by atoms with E-state index in [-0.39, 0.29) is 12.0 Å². The molecule has 0 aliphatic heterocycles. The Hall–Kier alpha value is -2.03. The molecule has 0 spiro atoms. The molecule has 1 atom stereocenters. The first-order valence-electron chi connectivity index (χ1n) is 6.98. The van der Waals surface area contributed by atoms with Crippen LogP contribution in [0.2, 0.25) is 0 Å². The quantitative estimate of drug-likeness (QED) is 0.840. The largest absolute Gasteiger partial charge is 0.464 e. The Kier molecular flexibility index (Phi) is 4.61. The topological polar surface area (TPSA) is 38.3 Å². The molecule has 3 heteroatoms. The zero-order valence-corrected chi connectivity index (χ0v) is 12.2. The van der Waals surface area contributed by atoms with Crippen LogP contribution in [0.5, 0.6) is 0 Å². The van der Waals surface area contributed by atoms with E-state index in [1.165, 1.54) is 5.39 Å². The molecular formula is C17H21NO2. The molecule has 0 radical (unpaired) electrons. The number of carbonyl (C=O) groups is 1. The monoisotopic (exact) mass is 271 g/mol. The number of rotatable bonds is 5. The Bertz CT molecular complexity index is 592. The minimum atomic E-state index is -0.352. The molecular weight excluding hydrogens is 250 g/mol. The van der Waals surface area contributed by atoms with E-state index in [0.29, 0.717) is 12.5 Å². The summed E-state index contributed by atoms with van der Waals surface area (Å²) in [6, 6.07) is 13.9. The van der Waals surface area contributed by atoms with Gasteiger partial charge in [0, 0.05) is 5.69 Å². The van der Waals surface area contributed by atoms with Crippen molar-refractivity contribution in [2.75, 3.05) is 11.9 Å². The SMILES string of the molecule is CC(C)COC(=O)[C@H](C)Nc1ccc2ccccc2c1. The zero-order valence-electron chi connectivity index (χ0n) is 12.2. The summed E-state index contributed by atoms with van der Waals surface area (Å²) in [7, 11) is 0. The lowest BCUT2D eigenvalue weighted by atomic mass is 10.1. The third kappa shape index (κ3) is 3.73. The molecule has 3 nitrogen and oxygen atoms in total. The molecule has 0 aliphatic carbocycles. The standard InChI is InChI=1S/C17H21NO2/c1-12(2)11-20-17(19)13(3)18-16-9-8-14-6-4-5-7-15(14)10-16/h4-10,12-13,18H,11H2,1-3H3/t13-/m0/s1. The molecule has 0 heterocycles. The average molecular weight is 271 g/mol. The second-order valence-electron chi connectivity index (χ2n) is 5.45. The lowest BCUT2D eigenvalue weighted by Gasteiger charge is -2.16. The fourth-order valence-electron chi connectivity index (χ4n) is 1.96. The Morgan fingerprint density at radius 1 is 1.10 bits per heavy atom. The van der Waals surface area contributed by atoms with Crippen molar-refractivity contribution in [2.24, 2.45) is 5.92 Å². The van der Waals surface area contributed by atoms with E-state index in [1.807, 2.05) is 51.1 Å². The maximum Gasteiger partial charge on any atom is 0.328 e. The molecule has 20 heavy (non-hydrogen) atoms. The van der Waals surface area contributed by atoms with Gasteiger partial charge in [0.15, 0.2) is 0 Å². The Labute approximate surface area is 119 Å². The van der Waals surface area contributed by atoms with Crippen LogP contribution in [0.4, 0.5) is 5.69 Å². The molecule has 2 aromatic rings. The number of hydrogen-bond donors (Lipinski definition) is 1. The maximum atomic E-state index is 11.8. The first-order valence-corrected chi connectivity index (χ1v) is 6.98. The fourth-order valence-corrected chi connectivity index (χ4v) is 1.96. The predicted octanol–water partition coefficient (Wildman–Crippen LogP) is 3.84. The van der Waals surface area contributed by atoms with Gasteiger partial charge in [0.05, 0.1) is 6.61 Å². The molecule has 0 aromatic heterocycles. The van der Waals surface area contributed by atoms with Gasteiger partial charge in [-0.15, -0.1) is 0 Å². The summed E-state index contributed by atoms with van der Waals surface area (Å²) >= 11 is 0. The minimum absolute atomic E-state index is 0.216. The van der Waals surface area contributed by atoms with Crippen molar-refractivity contribution in [3.05, 3.63) is 42.5 Å². The molecule has 2 rings (SSSR count). The minimum Gasteiger partial charge on any atom is -0.464 e. The highest BCUT2D eigenvalue weighted by Crippen LogP contribution is 2.19. The van der Waals surface area contributed by atoms with Crippen molar-refractivity contribution in [3.63, 3.8) is 0 Å². The van der Waals surface area contributed by atoms with Crippen molar-refractivity contribution >= 4 is 22.4 Å². The Balaban J connectivity index is 2.02. The van der Waals surface area contributed by atoms with Gasteiger partial charge in [-0.25, -0.2) is 4.79 Å². The van der Waals surface area contributed by atoms with Crippen molar-refractivity contribution < 1.29 is 9.53 Å². The van der Waals surface area contributed by atoms with Crippen LogP contribution in [0.3, 0.4) is 0 Å². The van der Waals surface area contributed by atoms with E-state index in [9.17, 15) is 4.79 Å². The number of benzene rings is 2. The number of ether oxygens (including phenoxy) is 1. The van der Waals surface area contributed by atoms with Gasteiger partial charge in [0.1, 0.15) is 6.04 Å². The number of anilines is 1. The van der Waals surface area contributed by atoms with Crippen LogP contribution in [0.25, 0.3) is 10.8 Å². The third-order valence-electron chi connectivity index (χ3n) is 3.05. The summed E-state index contributed by atoms with van der Waals surface area (Å²) in [6.45, 7) is 6.32. The summed E-state index contributed by atoms with van der Waals surface area (Å²) < 4.78 is 5.22. The molecule has 0 amide bonds. The van der Waals surface area contributed by atoms with Crippen LogP contribution < -0.4 is 5.32 Å². The third-order valence-corrected chi connectivity index (χ3v) is 3.05. The highest BCUT2D eigenvalue weighted by molar-refractivity contribution is 5.87.